The largest absolute Gasteiger partial charge is 0.466 e. The molecule has 5 heteroatoms. The number of hydrogen-bond acceptors (Lipinski definition) is 4. The Hall–Kier alpha value is -2.40. The van der Waals surface area contributed by atoms with Crippen LogP contribution in [0.3, 0.4) is 0 Å². The smallest absolute Gasteiger partial charge is 0.336 e. The van der Waals surface area contributed by atoms with E-state index in [1.165, 1.54) is 7.11 Å². The second kappa shape index (κ2) is 7.23. The topological polar surface area (TPSA) is 51.2 Å². The molecular formula is C20H19BrN2O2. The monoisotopic (exact) mass is 398 g/mol. The SMILES string of the molecule is COC(=O)C1=C(C)NC(C)=C(c2ccccn2)C1c1cccc(Br)c1. The molecule has 1 N–H and O–H groups in total. The van der Waals surface area contributed by atoms with E-state index in [4.69, 9.17) is 4.74 Å². The van der Waals surface area contributed by atoms with E-state index in [9.17, 15) is 4.79 Å². The summed E-state index contributed by atoms with van der Waals surface area (Å²) >= 11 is 3.53. The van der Waals surface area contributed by atoms with Crippen LogP contribution < -0.4 is 5.32 Å². The van der Waals surface area contributed by atoms with Crippen LogP contribution in [0, 0.1) is 0 Å². The van der Waals surface area contributed by atoms with E-state index >= 15 is 0 Å². The molecule has 1 aliphatic rings. The van der Waals surface area contributed by atoms with Gasteiger partial charge in [-0.2, -0.15) is 0 Å². The molecule has 0 amide bonds. The van der Waals surface area contributed by atoms with Gasteiger partial charge in [0.05, 0.1) is 18.4 Å². The molecule has 1 aromatic carbocycles. The van der Waals surface area contributed by atoms with Crippen molar-refractivity contribution in [2.24, 2.45) is 0 Å². The summed E-state index contributed by atoms with van der Waals surface area (Å²) in [6, 6.07) is 13.8. The van der Waals surface area contributed by atoms with Crippen LogP contribution in [0.15, 0.2) is 70.1 Å². The molecule has 1 aromatic heterocycles. The molecule has 1 unspecified atom stereocenters. The van der Waals surface area contributed by atoms with Crippen molar-refractivity contribution in [3.63, 3.8) is 0 Å². The molecule has 2 heterocycles. The van der Waals surface area contributed by atoms with E-state index in [-0.39, 0.29) is 11.9 Å². The van der Waals surface area contributed by atoms with E-state index < -0.39 is 0 Å². The fourth-order valence-electron chi connectivity index (χ4n) is 3.26. The number of nitrogens with zero attached hydrogens (tertiary/aromatic N) is 1. The third kappa shape index (κ3) is 3.37. The maximum atomic E-state index is 12.6. The highest BCUT2D eigenvalue weighted by molar-refractivity contribution is 9.10. The Balaban J connectivity index is 2.25. The van der Waals surface area contributed by atoms with Crippen LogP contribution in [-0.4, -0.2) is 18.1 Å². The van der Waals surface area contributed by atoms with Crippen molar-refractivity contribution < 1.29 is 9.53 Å². The lowest BCUT2D eigenvalue weighted by Crippen LogP contribution is -2.28. The molecule has 0 aliphatic carbocycles. The quantitative estimate of drug-likeness (QED) is 0.777. The van der Waals surface area contributed by atoms with Crippen LogP contribution in [0.5, 0.6) is 0 Å². The van der Waals surface area contributed by atoms with Gasteiger partial charge >= 0.3 is 5.97 Å². The van der Waals surface area contributed by atoms with Gasteiger partial charge in [-0.1, -0.05) is 34.1 Å². The summed E-state index contributed by atoms with van der Waals surface area (Å²) in [4.78, 5) is 17.1. The van der Waals surface area contributed by atoms with Gasteiger partial charge in [-0.05, 0) is 43.7 Å². The Morgan fingerprint density at radius 1 is 1.16 bits per heavy atom. The number of carbonyl (C=O) groups excluding carboxylic acids is 1. The van der Waals surface area contributed by atoms with Gasteiger partial charge in [-0.25, -0.2) is 4.79 Å². The summed E-state index contributed by atoms with van der Waals surface area (Å²) in [5, 5.41) is 3.31. The highest BCUT2D eigenvalue weighted by Crippen LogP contribution is 2.43. The highest BCUT2D eigenvalue weighted by atomic mass is 79.9. The van der Waals surface area contributed by atoms with Crippen LogP contribution in [0.1, 0.15) is 31.0 Å². The second-order valence-electron chi connectivity index (χ2n) is 5.90. The molecule has 0 radical (unpaired) electrons. The molecule has 0 bridgehead atoms. The average molecular weight is 399 g/mol. The Labute approximate surface area is 155 Å². The first-order valence-corrected chi connectivity index (χ1v) is 8.76. The normalized spacial score (nSPS) is 17.4. The second-order valence-corrected chi connectivity index (χ2v) is 6.81. The molecule has 2 aromatic rings. The van der Waals surface area contributed by atoms with Crippen LogP contribution in [-0.2, 0) is 9.53 Å². The molecular weight excluding hydrogens is 380 g/mol. The van der Waals surface area contributed by atoms with E-state index in [1.807, 2.05) is 56.3 Å². The third-order valence-corrected chi connectivity index (χ3v) is 4.78. The van der Waals surface area contributed by atoms with Gasteiger partial charge in [-0.15, -0.1) is 0 Å². The summed E-state index contributed by atoms with van der Waals surface area (Å²) < 4.78 is 6.03. The van der Waals surface area contributed by atoms with Crippen molar-refractivity contribution in [1.82, 2.24) is 10.3 Å². The van der Waals surface area contributed by atoms with Gasteiger partial charge in [-0.3, -0.25) is 4.98 Å². The van der Waals surface area contributed by atoms with Crippen molar-refractivity contribution in [3.8, 4) is 0 Å². The molecule has 0 spiro atoms. The molecule has 4 nitrogen and oxygen atoms in total. The zero-order valence-electron chi connectivity index (χ0n) is 14.3. The number of benzene rings is 1. The minimum Gasteiger partial charge on any atom is -0.466 e. The van der Waals surface area contributed by atoms with E-state index in [0.717, 1.165) is 32.7 Å². The van der Waals surface area contributed by atoms with E-state index in [0.29, 0.717) is 5.57 Å². The number of esters is 1. The number of pyridine rings is 1. The van der Waals surface area contributed by atoms with Crippen molar-refractivity contribution in [2.45, 2.75) is 19.8 Å². The number of nitrogens with one attached hydrogen (secondary N) is 1. The minimum absolute atomic E-state index is 0.249. The lowest BCUT2D eigenvalue weighted by molar-refractivity contribution is -0.136. The number of rotatable bonds is 3. The zero-order valence-corrected chi connectivity index (χ0v) is 15.9. The fourth-order valence-corrected chi connectivity index (χ4v) is 3.67. The van der Waals surface area contributed by atoms with Crippen LogP contribution in [0.2, 0.25) is 0 Å². The molecule has 0 fully saturated rings. The van der Waals surface area contributed by atoms with Crippen molar-refractivity contribution in [2.75, 3.05) is 7.11 Å². The van der Waals surface area contributed by atoms with Crippen molar-refractivity contribution >= 4 is 27.5 Å². The Kier molecular flexibility index (Phi) is 5.04. The molecule has 0 saturated heterocycles. The summed E-state index contributed by atoms with van der Waals surface area (Å²) in [5.74, 6) is -0.586. The Morgan fingerprint density at radius 3 is 2.60 bits per heavy atom. The first-order valence-electron chi connectivity index (χ1n) is 7.96. The maximum absolute atomic E-state index is 12.6. The van der Waals surface area contributed by atoms with Gasteiger partial charge < -0.3 is 10.1 Å². The van der Waals surface area contributed by atoms with Crippen LogP contribution in [0.25, 0.3) is 5.57 Å². The van der Waals surface area contributed by atoms with Crippen molar-refractivity contribution in [3.05, 3.63) is 81.4 Å². The molecule has 3 rings (SSSR count). The number of hydrogen-bond donors (Lipinski definition) is 1. The summed E-state index contributed by atoms with van der Waals surface area (Å²) in [6.45, 7) is 3.91. The summed E-state index contributed by atoms with van der Waals surface area (Å²) in [7, 11) is 1.41. The van der Waals surface area contributed by atoms with Gasteiger partial charge in [0.2, 0.25) is 0 Å². The van der Waals surface area contributed by atoms with Gasteiger partial charge in [0.1, 0.15) is 0 Å². The molecule has 1 atom stereocenters. The van der Waals surface area contributed by atoms with Gasteiger partial charge in [0.15, 0.2) is 0 Å². The molecule has 0 saturated carbocycles. The first-order chi connectivity index (χ1) is 12.0. The minimum atomic E-state index is -0.337. The lowest BCUT2D eigenvalue weighted by atomic mass is 9.79. The summed E-state index contributed by atoms with van der Waals surface area (Å²) in [6.07, 6.45) is 1.76. The van der Waals surface area contributed by atoms with E-state index in [1.54, 1.807) is 6.20 Å². The predicted molar refractivity (Wildman–Crippen MR) is 102 cm³/mol. The maximum Gasteiger partial charge on any atom is 0.336 e. The molecule has 128 valence electrons. The number of methoxy groups -OCH3 is 1. The van der Waals surface area contributed by atoms with E-state index in [2.05, 4.69) is 26.2 Å². The van der Waals surface area contributed by atoms with Gasteiger partial charge in [0, 0.05) is 33.6 Å². The lowest BCUT2D eigenvalue weighted by Gasteiger charge is -2.31. The Bertz CT molecular complexity index is 872. The number of dihydropyridines is 1. The number of carbonyl (C=O) groups is 1. The van der Waals surface area contributed by atoms with Crippen LogP contribution in [0.4, 0.5) is 0 Å². The fraction of sp³-hybridized carbons (Fsp3) is 0.200. The number of aromatic nitrogens is 1. The summed E-state index contributed by atoms with van der Waals surface area (Å²) in [5.41, 5.74) is 5.21. The average Bonchev–Trinajstić information content (AvgIpc) is 2.61. The molecule has 25 heavy (non-hydrogen) atoms. The number of halogens is 1. The predicted octanol–water partition coefficient (Wildman–Crippen LogP) is 4.41. The Morgan fingerprint density at radius 2 is 1.96 bits per heavy atom. The molecule has 1 aliphatic heterocycles. The third-order valence-electron chi connectivity index (χ3n) is 4.29. The number of allylic oxidation sites excluding steroid dienone is 3. The van der Waals surface area contributed by atoms with Crippen molar-refractivity contribution in [1.29, 1.82) is 0 Å². The zero-order chi connectivity index (χ0) is 18.0. The standard InChI is InChI=1S/C20H19BrN2O2/c1-12-17(16-9-4-5-10-22-16)19(14-7-6-8-15(21)11-14)18(13(2)23-12)20(24)25-3/h4-11,19,23H,1-3H3. The number of ether oxygens (including phenoxy) is 1. The van der Waals surface area contributed by atoms with Crippen LogP contribution >= 0.6 is 15.9 Å². The highest BCUT2D eigenvalue weighted by Gasteiger charge is 2.34. The first kappa shape index (κ1) is 17.4. The van der Waals surface area contributed by atoms with Gasteiger partial charge in [0.25, 0.3) is 0 Å².